The topological polar surface area (TPSA) is 89.3 Å². The van der Waals surface area contributed by atoms with E-state index in [2.05, 4.69) is 5.32 Å². The number of sulfone groups is 1. The Kier molecular flexibility index (Phi) is 4.94. The molecule has 0 aliphatic heterocycles. The number of nitrogens with one attached hydrogen (secondary N) is 1. The average Bonchev–Trinajstić information content (AvgIpc) is 2.49. The van der Waals surface area contributed by atoms with E-state index in [1.807, 2.05) is 39.0 Å². The van der Waals surface area contributed by atoms with Gasteiger partial charge < -0.3 is 5.32 Å². The number of nitro groups is 1. The fourth-order valence-corrected chi connectivity index (χ4v) is 3.21. The number of anilines is 1. The molecule has 0 aliphatic rings. The van der Waals surface area contributed by atoms with Crippen molar-refractivity contribution >= 4 is 21.2 Å². The van der Waals surface area contributed by atoms with Crippen molar-refractivity contribution in [2.24, 2.45) is 0 Å². The summed E-state index contributed by atoms with van der Waals surface area (Å²) in [7, 11) is -3.50. The maximum absolute atomic E-state index is 11.6. The molecule has 2 aromatic carbocycles. The summed E-state index contributed by atoms with van der Waals surface area (Å²) in [5.41, 5.74) is 3.34. The third-order valence-electron chi connectivity index (χ3n) is 4.08. The van der Waals surface area contributed by atoms with Gasteiger partial charge in [-0.15, -0.1) is 0 Å². The van der Waals surface area contributed by atoms with Crippen molar-refractivity contribution in [1.29, 1.82) is 0 Å². The van der Waals surface area contributed by atoms with Crippen LogP contribution in [0.3, 0.4) is 0 Å². The first-order valence-electron chi connectivity index (χ1n) is 7.42. The fraction of sp³-hybridized carbons (Fsp3) is 0.294. The van der Waals surface area contributed by atoms with Crippen LogP contribution in [0.25, 0.3) is 0 Å². The third-order valence-corrected chi connectivity index (χ3v) is 5.19. The third kappa shape index (κ3) is 3.73. The molecule has 2 aromatic rings. The lowest BCUT2D eigenvalue weighted by molar-refractivity contribution is -0.384. The van der Waals surface area contributed by atoms with Crippen molar-refractivity contribution in [3.8, 4) is 0 Å². The molecule has 1 unspecified atom stereocenters. The molecule has 0 spiro atoms. The Morgan fingerprint density at radius 1 is 1.17 bits per heavy atom. The smallest absolute Gasteiger partial charge is 0.293 e. The van der Waals surface area contributed by atoms with Gasteiger partial charge in [-0.05, 0) is 49.6 Å². The van der Waals surface area contributed by atoms with E-state index < -0.39 is 14.8 Å². The highest BCUT2D eigenvalue weighted by Gasteiger charge is 2.20. The minimum Gasteiger partial charge on any atom is -0.373 e. The van der Waals surface area contributed by atoms with Gasteiger partial charge in [-0.25, -0.2) is 8.42 Å². The molecule has 0 bridgehead atoms. The summed E-state index contributed by atoms with van der Waals surface area (Å²) in [6, 6.07) is 9.67. The lowest BCUT2D eigenvalue weighted by atomic mass is 9.98. The molecule has 6 nitrogen and oxygen atoms in total. The van der Waals surface area contributed by atoms with E-state index in [1.54, 1.807) is 0 Å². The Morgan fingerprint density at radius 2 is 1.83 bits per heavy atom. The molecule has 2 rings (SSSR count). The minimum absolute atomic E-state index is 0.0702. The highest BCUT2D eigenvalue weighted by Crippen LogP contribution is 2.31. The summed E-state index contributed by atoms with van der Waals surface area (Å²) in [5.74, 6) is 0. The van der Waals surface area contributed by atoms with E-state index in [0.29, 0.717) is 5.69 Å². The van der Waals surface area contributed by atoms with Crippen LogP contribution in [0, 0.1) is 24.0 Å². The van der Waals surface area contributed by atoms with Gasteiger partial charge in [0.15, 0.2) is 9.84 Å². The molecular formula is C17H20N2O4S. The minimum atomic E-state index is -3.50. The van der Waals surface area contributed by atoms with Crippen LogP contribution in [0.2, 0.25) is 0 Å². The molecule has 0 saturated carbocycles. The SMILES string of the molecule is Cc1cccc(C(C)Nc2ccc(S(C)(=O)=O)cc2[N+](=O)[O-])c1C. The summed E-state index contributed by atoms with van der Waals surface area (Å²) in [6.07, 6.45) is 1.03. The second kappa shape index (κ2) is 6.60. The van der Waals surface area contributed by atoms with Crippen molar-refractivity contribution in [3.05, 3.63) is 63.2 Å². The Hall–Kier alpha value is -2.41. The lowest BCUT2D eigenvalue weighted by Crippen LogP contribution is -2.11. The predicted octanol–water partition coefficient (Wildman–Crippen LogP) is 3.79. The van der Waals surface area contributed by atoms with E-state index in [9.17, 15) is 18.5 Å². The van der Waals surface area contributed by atoms with Gasteiger partial charge in [0.2, 0.25) is 0 Å². The zero-order valence-corrected chi connectivity index (χ0v) is 14.8. The Balaban J connectivity index is 2.42. The summed E-state index contributed by atoms with van der Waals surface area (Å²) < 4.78 is 23.2. The average molecular weight is 348 g/mol. The maximum atomic E-state index is 11.6. The molecule has 1 N–H and O–H groups in total. The quantitative estimate of drug-likeness (QED) is 0.656. The van der Waals surface area contributed by atoms with Crippen LogP contribution in [-0.2, 0) is 9.84 Å². The van der Waals surface area contributed by atoms with Crippen LogP contribution >= 0.6 is 0 Å². The molecule has 0 aromatic heterocycles. The van der Waals surface area contributed by atoms with Crippen molar-refractivity contribution in [2.75, 3.05) is 11.6 Å². The lowest BCUT2D eigenvalue weighted by Gasteiger charge is -2.19. The largest absolute Gasteiger partial charge is 0.373 e. The summed E-state index contributed by atoms with van der Waals surface area (Å²) in [6.45, 7) is 5.93. The number of hydrogen-bond acceptors (Lipinski definition) is 5. The molecule has 24 heavy (non-hydrogen) atoms. The van der Waals surface area contributed by atoms with Gasteiger partial charge in [-0.1, -0.05) is 18.2 Å². The van der Waals surface area contributed by atoms with Crippen molar-refractivity contribution < 1.29 is 13.3 Å². The molecule has 0 fully saturated rings. The van der Waals surface area contributed by atoms with Crippen molar-refractivity contribution in [2.45, 2.75) is 31.7 Å². The Labute approximate surface area is 141 Å². The number of nitro benzene ring substituents is 1. The molecule has 0 saturated heterocycles. The van der Waals surface area contributed by atoms with Gasteiger partial charge in [0.1, 0.15) is 5.69 Å². The zero-order valence-electron chi connectivity index (χ0n) is 14.0. The van der Waals surface area contributed by atoms with Gasteiger partial charge in [0.25, 0.3) is 5.69 Å². The van der Waals surface area contributed by atoms with E-state index in [1.165, 1.54) is 12.1 Å². The molecule has 128 valence electrons. The highest BCUT2D eigenvalue weighted by atomic mass is 32.2. The molecular weight excluding hydrogens is 328 g/mol. The van der Waals surface area contributed by atoms with Crippen LogP contribution in [-0.4, -0.2) is 19.6 Å². The number of nitrogens with zero attached hydrogens (tertiary/aromatic N) is 1. The van der Waals surface area contributed by atoms with E-state index in [0.717, 1.165) is 29.0 Å². The molecule has 0 radical (unpaired) electrons. The highest BCUT2D eigenvalue weighted by molar-refractivity contribution is 7.90. The first kappa shape index (κ1) is 17.9. The number of hydrogen-bond donors (Lipinski definition) is 1. The molecule has 0 amide bonds. The van der Waals surface area contributed by atoms with Crippen LogP contribution in [0.4, 0.5) is 11.4 Å². The summed E-state index contributed by atoms with van der Waals surface area (Å²) >= 11 is 0. The normalized spacial score (nSPS) is 12.7. The van der Waals surface area contributed by atoms with Crippen molar-refractivity contribution in [1.82, 2.24) is 0 Å². The molecule has 1 atom stereocenters. The number of benzene rings is 2. The van der Waals surface area contributed by atoms with Crippen LogP contribution in [0.1, 0.15) is 29.7 Å². The standard InChI is InChI=1S/C17H20N2O4S/c1-11-6-5-7-15(12(11)2)13(3)18-16-9-8-14(24(4,22)23)10-17(16)19(20)21/h5-10,13,18H,1-4H3. The van der Waals surface area contributed by atoms with Crippen molar-refractivity contribution in [3.63, 3.8) is 0 Å². The van der Waals surface area contributed by atoms with Gasteiger partial charge in [0.05, 0.1) is 9.82 Å². The Morgan fingerprint density at radius 3 is 2.42 bits per heavy atom. The van der Waals surface area contributed by atoms with Crippen LogP contribution < -0.4 is 5.32 Å². The van der Waals surface area contributed by atoms with E-state index in [4.69, 9.17) is 0 Å². The first-order valence-corrected chi connectivity index (χ1v) is 9.31. The molecule has 0 aliphatic carbocycles. The van der Waals surface area contributed by atoms with Crippen LogP contribution in [0.15, 0.2) is 41.3 Å². The summed E-state index contributed by atoms with van der Waals surface area (Å²) in [5, 5.41) is 14.4. The first-order chi connectivity index (χ1) is 11.1. The van der Waals surface area contributed by atoms with E-state index >= 15 is 0 Å². The second-order valence-corrected chi connectivity index (χ2v) is 7.88. The van der Waals surface area contributed by atoms with E-state index in [-0.39, 0.29) is 16.6 Å². The van der Waals surface area contributed by atoms with Gasteiger partial charge in [-0.2, -0.15) is 0 Å². The van der Waals surface area contributed by atoms with Crippen LogP contribution in [0.5, 0.6) is 0 Å². The number of aryl methyl sites for hydroxylation is 1. The second-order valence-electron chi connectivity index (χ2n) is 5.86. The van der Waals surface area contributed by atoms with Gasteiger partial charge >= 0.3 is 0 Å². The Bertz CT molecular complexity index is 891. The van der Waals surface area contributed by atoms with Gasteiger partial charge in [0, 0.05) is 18.4 Å². The molecule has 0 heterocycles. The molecule has 7 heteroatoms. The monoisotopic (exact) mass is 348 g/mol. The zero-order chi connectivity index (χ0) is 18.1. The summed E-state index contributed by atoms with van der Waals surface area (Å²) in [4.78, 5) is 10.7. The predicted molar refractivity (Wildman–Crippen MR) is 94.2 cm³/mol. The van der Waals surface area contributed by atoms with Gasteiger partial charge in [-0.3, -0.25) is 10.1 Å². The number of rotatable bonds is 5. The fourth-order valence-electron chi connectivity index (χ4n) is 2.57. The maximum Gasteiger partial charge on any atom is 0.293 e.